The summed E-state index contributed by atoms with van der Waals surface area (Å²) in [5, 5.41) is 12.5. The molecule has 0 aliphatic carbocycles. The van der Waals surface area contributed by atoms with Crippen molar-refractivity contribution < 1.29 is 4.79 Å². The first-order valence-electron chi connectivity index (χ1n) is 12.1. The van der Waals surface area contributed by atoms with Gasteiger partial charge in [-0.2, -0.15) is 5.10 Å². The number of hydrogen-bond donors (Lipinski definition) is 3. The van der Waals surface area contributed by atoms with E-state index in [1.165, 1.54) is 4.52 Å². The highest BCUT2D eigenvalue weighted by molar-refractivity contribution is 6.05. The Balaban J connectivity index is 1.45. The van der Waals surface area contributed by atoms with Crippen LogP contribution < -0.4 is 11.1 Å². The second-order valence-electron chi connectivity index (χ2n) is 9.00. The molecule has 2 aromatic carbocycles. The molecule has 0 aliphatic rings. The topological polar surface area (TPSA) is 119 Å². The molecule has 9 nitrogen and oxygen atoms in total. The number of anilines is 1. The van der Waals surface area contributed by atoms with Gasteiger partial charge in [-0.1, -0.05) is 48.2 Å². The lowest BCUT2D eigenvalue weighted by atomic mass is 9.96. The second-order valence-corrected chi connectivity index (χ2v) is 9.00. The SMILES string of the molecule is C[C@H](NC(=O)c1c(N)nn2cccnc12)c1[nH]c2cccc(C#Cc3cnn(C)c3)c2c1-c1ccccc1. The molecule has 0 fully saturated rings. The van der Waals surface area contributed by atoms with Crippen molar-refractivity contribution in [2.45, 2.75) is 13.0 Å². The fourth-order valence-corrected chi connectivity index (χ4v) is 4.69. The number of fused-ring (bicyclic) bond motifs is 2. The summed E-state index contributed by atoms with van der Waals surface area (Å²) >= 11 is 0. The zero-order valence-electron chi connectivity index (χ0n) is 20.8. The predicted molar refractivity (Wildman–Crippen MR) is 146 cm³/mol. The molecule has 0 unspecified atom stereocenters. The first-order valence-corrected chi connectivity index (χ1v) is 12.1. The zero-order valence-corrected chi connectivity index (χ0v) is 20.8. The third kappa shape index (κ3) is 4.04. The van der Waals surface area contributed by atoms with Gasteiger partial charge in [0, 0.05) is 53.4 Å². The van der Waals surface area contributed by atoms with Crippen LogP contribution in [0.15, 0.2) is 79.4 Å². The average Bonchev–Trinajstić information content (AvgIpc) is 3.62. The molecular formula is C29H24N8O. The maximum absolute atomic E-state index is 13.4. The van der Waals surface area contributed by atoms with Gasteiger partial charge in [-0.25, -0.2) is 9.50 Å². The van der Waals surface area contributed by atoms with E-state index >= 15 is 0 Å². The predicted octanol–water partition coefficient (Wildman–Crippen LogP) is 4.08. The van der Waals surface area contributed by atoms with Crippen molar-refractivity contribution >= 4 is 28.3 Å². The first kappa shape index (κ1) is 23.1. The number of aromatic amines is 1. The average molecular weight is 501 g/mol. The van der Waals surface area contributed by atoms with E-state index in [-0.39, 0.29) is 23.3 Å². The van der Waals surface area contributed by atoms with Gasteiger partial charge in [0.05, 0.1) is 17.8 Å². The molecule has 9 heteroatoms. The van der Waals surface area contributed by atoms with E-state index in [4.69, 9.17) is 5.73 Å². The van der Waals surface area contributed by atoms with Gasteiger partial charge < -0.3 is 16.0 Å². The first-order chi connectivity index (χ1) is 18.5. The van der Waals surface area contributed by atoms with Crippen molar-refractivity contribution in [1.82, 2.24) is 34.7 Å². The molecule has 0 saturated heterocycles. The van der Waals surface area contributed by atoms with Gasteiger partial charge in [-0.3, -0.25) is 9.48 Å². The fourth-order valence-electron chi connectivity index (χ4n) is 4.69. The molecule has 0 aliphatic heterocycles. The molecule has 0 bridgehead atoms. The van der Waals surface area contributed by atoms with E-state index < -0.39 is 0 Å². The Morgan fingerprint density at radius 1 is 1.11 bits per heavy atom. The van der Waals surface area contributed by atoms with Crippen LogP contribution in [0, 0.1) is 11.8 Å². The van der Waals surface area contributed by atoms with Crippen LogP contribution in [0.25, 0.3) is 27.7 Å². The Morgan fingerprint density at radius 2 is 1.95 bits per heavy atom. The van der Waals surface area contributed by atoms with Crippen LogP contribution in [0.5, 0.6) is 0 Å². The lowest BCUT2D eigenvalue weighted by molar-refractivity contribution is 0.0941. The number of nitrogen functional groups attached to an aromatic ring is 1. The maximum Gasteiger partial charge on any atom is 0.259 e. The van der Waals surface area contributed by atoms with Crippen molar-refractivity contribution in [3.05, 3.63) is 102 Å². The third-order valence-electron chi connectivity index (χ3n) is 6.39. The van der Waals surface area contributed by atoms with Crippen LogP contribution >= 0.6 is 0 Å². The molecule has 6 aromatic rings. The summed E-state index contributed by atoms with van der Waals surface area (Å²) in [6.45, 7) is 1.94. The van der Waals surface area contributed by atoms with Crippen molar-refractivity contribution in [3.8, 4) is 23.0 Å². The zero-order chi connectivity index (χ0) is 26.2. The number of hydrogen-bond acceptors (Lipinski definition) is 5. The van der Waals surface area contributed by atoms with Crippen molar-refractivity contribution in [1.29, 1.82) is 0 Å². The van der Waals surface area contributed by atoms with Crippen LogP contribution in [-0.2, 0) is 7.05 Å². The highest BCUT2D eigenvalue weighted by atomic mass is 16.1. The van der Waals surface area contributed by atoms with Crippen LogP contribution in [0.4, 0.5) is 5.82 Å². The Hall–Kier alpha value is -5.36. The van der Waals surface area contributed by atoms with E-state index in [0.29, 0.717) is 5.65 Å². The molecule has 0 saturated carbocycles. The number of carbonyl (C=O) groups excluding carboxylic acids is 1. The molecule has 6 rings (SSSR count). The van der Waals surface area contributed by atoms with Crippen LogP contribution in [0.2, 0.25) is 0 Å². The largest absolute Gasteiger partial charge is 0.381 e. The van der Waals surface area contributed by atoms with E-state index in [1.807, 2.05) is 56.6 Å². The summed E-state index contributed by atoms with van der Waals surface area (Å²) in [6, 6.07) is 17.4. The molecule has 4 N–H and O–H groups in total. The van der Waals surface area contributed by atoms with Crippen LogP contribution in [0.3, 0.4) is 0 Å². The number of aromatic nitrogens is 6. The van der Waals surface area contributed by atoms with Gasteiger partial charge in [0.25, 0.3) is 5.91 Å². The number of nitrogens with two attached hydrogens (primary N) is 1. The number of rotatable bonds is 4. The number of aryl methyl sites for hydroxylation is 1. The van der Waals surface area contributed by atoms with E-state index in [2.05, 4.69) is 49.5 Å². The number of nitrogens with one attached hydrogen (secondary N) is 2. The summed E-state index contributed by atoms with van der Waals surface area (Å²) in [5.74, 6) is 6.32. The van der Waals surface area contributed by atoms with Crippen molar-refractivity contribution in [2.24, 2.45) is 7.05 Å². The Kier molecular flexibility index (Phi) is 5.62. The lowest BCUT2D eigenvalue weighted by Gasteiger charge is -2.15. The lowest BCUT2D eigenvalue weighted by Crippen LogP contribution is -2.28. The minimum Gasteiger partial charge on any atom is -0.381 e. The minimum atomic E-state index is -0.387. The third-order valence-corrected chi connectivity index (χ3v) is 6.39. The number of nitrogens with zero attached hydrogens (tertiary/aromatic N) is 5. The van der Waals surface area contributed by atoms with Gasteiger partial charge in [0.15, 0.2) is 11.5 Å². The summed E-state index contributed by atoms with van der Waals surface area (Å²) in [4.78, 5) is 21.2. The normalized spacial score (nSPS) is 11.8. The monoisotopic (exact) mass is 500 g/mol. The van der Waals surface area contributed by atoms with Gasteiger partial charge in [-0.15, -0.1) is 5.10 Å². The van der Waals surface area contributed by atoms with Gasteiger partial charge >= 0.3 is 0 Å². The van der Waals surface area contributed by atoms with E-state index in [1.54, 1.807) is 29.3 Å². The number of amides is 1. The molecule has 1 amide bonds. The van der Waals surface area contributed by atoms with Crippen molar-refractivity contribution in [3.63, 3.8) is 0 Å². The second kappa shape index (κ2) is 9.26. The van der Waals surface area contributed by atoms with E-state index in [0.717, 1.165) is 38.9 Å². The number of carbonyl (C=O) groups is 1. The standard InChI is InChI=1S/C29H24N8O/c1-18(33-29(38)25-27(30)35-37-15-7-14-31-28(25)37)26-24(20-8-4-3-5-9-20)23-21(10-6-11-22(23)34-26)13-12-19-16-32-36(2)17-19/h3-11,14-18,34H,1-2H3,(H2,30,35)(H,33,38)/t18-/m0/s1. The number of benzene rings is 2. The molecule has 1 atom stereocenters. The Bertz CT molecular complexity index is 1870. The summed E-state index contributed by atoms with van der Waals surface area (Å²) in [6.07, 6.45) is 6.94. The van der Waals surface area contributed by atoms with Crippen LogP contribution in [-0.4, -0.2) is 35.3 Å². The molecule has 38 heavy (non-hydrogen) atoms. The molecular weight excluding hydrogens is 476 g/mol. The summed E-state index contributed by atoms with van der Waals surface area (Å²) in [7, 11) is 1.87. The maximum atomic E-state index is 13.4. The highest BCUT2D eigenvalue weighted by Gasteiger charge is 2.25. The molecule has 0 radical (unpaired) electrons. The molecule has 4 aromatic heterocycles. The van der Waals surface area contributed by atoms with Gasteiger partial charge in [-0.05, 0) is 30.7 Å². The van der Waals surface area contributed by atoms with Crippen molar-refractivity contribution in [2.75, 3.05) is 5.73 Å². The quantitative estimate of drug-likeness (QED) is 0.315. The summed E-state index contributed by atoms with van der Waals surface area (Å²) < 4.78 is 3.23. The Labute approximate surface area is 218 Å². The van der Waals surface area contributed by atoms with E-state index in [9.17, 15) is 4.79 Å². The minimum absolute atomic E-state index is 0.126. The van der Waals surface area contributed by atoms with Crippen LogP contribution in [0.1, 0.15) is 40.1 Å². The fraction of sp³-hybridized carbons (Fsp3) is 0.103. The highest BCUT2D eigenvalue weighted by Crippen LogP contribution is 2.37. The van der Waals surface area contributed by atoms with Gasteiger partial charge in [0.1, 0.15) is 5.56 Å². The Morgan fingerprint density at radius 3 is 2.74 bits per heavy atom. The summed E-state index contributed by atoms with van der Waals surface area (Å²) in [5.41, 5.74) is 12.2. The molecule has 186 valence electrons. The molecule has 0 spiro atoms. The van der Waals surface area contributed by atoms with Gasteiger partial charge in [0.2, 0.25) is 0 Å². The number of H-pyrrole nitrogens is 1. The smallest absolute Gasteiger partial charge is 0.259 e. The molecule has 4 heterocycles.